The fourth-order valence-electron chi connectivity index (χ4n) is 3.06. The number of aromatic nitrogens is 1. The highest BCUT2D eigenvalue weighted by atomic mass is 32.2. The van der Waals surface area contributed by atoms with Crippen LogP contribution in [0.2, 0.25) is 0 Å². The summed E-state index contributed by atoms with van der Waals surface area (Å²) in [5.41, 5.74) is 0. The number of fused-ring (bicyclic) bond motifs is 1. The van der Waals surface area contributed by atoms with Gasteiger partial charge in [0, 0.05) is 29.4 Å². The molecule has 6 nitrogen and oxygen atoms in total. The highest BCUT2D eigenvalue weighted by Crippen LogP contribution is 2.33. The van der Waals surface area contributed by atoms with E-state index in [-0.39, 0.29) is 24.1 Å². The molecule has 2 N–H and O–H groups in total. The van der Waals surface area contributed by atoms with E-state index in [4.69, 9.17) is 4.74 Å². The minimum absolute atomic E-state index is 0.0487. The van der Waals surface area contributed by atoms with Gasteiger partial charge in [-0.1, -0.05) is 12.5 Å². The second-order valence-corrected chi connectivity index (χ2v) is 8.49. The largest absolute Gasteiger partial charge is 0.465 e. The Morgan fingerprint density at radius 1 is 1.36 bits per heavy atom. The highest BCUT2D eigenvalue weighted by Gasteiger charge is 2.42. The van der Waals surface area contributed by atoms with Gasteiger partial charge in [-0.25, -0.2) is 9.78 Å². The predicted molar refractivity (Wildman–Crippen MR) is 99.9 cm³/mol. The molecule has 2 fully saturated rings. The molecule has 0 saturated carbocycles. The molecule has 2 aliphatic heterocycles. The molecule has 3 rings (SSSR count). The Balaban J connectivity index is 1.22. The summed E-state index contributed by atoms with van der Waals surface area (Å²) in [6.07, 6.45) is 5.06. The predicted octanol–water partition coefficient (Wildman–Crippen LogP) is 2.44. The zero-order valence-corrected chi connectivity index (χ0v) is 15.6. The van der Waals surface area contributed by atoms with Crippen molar-refractivity contribution in [1.29, 1.82) is 0 Å². The van der Waals surface area contributed by atoms with Gasteiger partial charge in [0.25, 0.3) is 0 Å². The SMILES string of the molecule is O=C1NC2CSC(CCCCC(=O)OCCSc3ccccn3)C2N1. The lowest BCUT2D eigenvalue weighted by Crippen LogP contribution is -2.36. The van der Waals surface area contributed by atoms with Crippen LogP contribution >= 0.6 is 23.5 Å². The number of hydrogen-bond acceptors (Lipinski definition) is 6. The summed E-state index contributed by atoms with van der Waals surface area (Å²) in [4.78, 5) is 27.3. The number of nitrogens with zero attached hydrogens (tertiary/aromatic N) is 1. The average Bonchev–Trinajstić information content (AvgIpc) is 3.16. The Bertz CT molecular complexity index is 588. The second-order valence-electron chi connectivity index (χ2n) is 6.10. The summed E-state index contributed by atoms with van der Waals surface area (Å²) in [5, 5.41) is 7.33. The van der Waals surface area contributed by atoms with Gasteiger partial charge in [-0.15, -0.1) is 11.8 Å². The fourth-order valence-corrected chi connectivity index (χ4v) is 5.29. The first kappa shape index (κ1) is 18.4. The molecule has 0 bridgehead atoms. The molecule has 2 aliphatic rings. The van der Waals surface area contributed by atoms with Crippen LogP contribution in [-0.2, 0) is 9.53 Å². The van der Waals surface area contributed by atoms with E-state index in [1.54, 1.807) is 18.0 Å². The maximum Gasteiger partial charge on any atom is 0.315 e. The second kappa shape index (κ2) is 9.33. The number of carbonyl (C=O) groups is 2. The fraction of sp³-hybridized carbons (Fsp3) is 0.588. The minimum atomic E-state index is -0.130. The van der Waals surface area contributed by atoms with E-state index in [1.165, 1.54) is 0 Å². The summed E-state index contributed by atoms with van der Waals surface area (Å²) in [6.45, 7) is 0.417. The van der Waals surface area contributed by atoms with Crippen LogP contribution in [0.5, 0.6) is 0 Å². The Hall–Kier alpha value is -1.41. The van der Waals surface area contributed by atoms with Crippen molar-refractivity contribution in [1.82, 2.24) is 15.6 Å². The average molecular weight is 382 g/mol. The molecule has 3 atom stereocenters. The van der Waals surface area contributed by atoms with E-state index >= 15 is 0 Å². The number of rotatable bonds is 9. The standard InChI is InChI=1S/C17H23N3O3S2/c21-15(23-9-10-24-14-6-3-4-8-18-14)7-2-1-5-13-16-12(11-25-13)19-17(22)20-16/h3-4,6,8,12-13,16H,1-2,5,7,9-11H2,(H2,19,20,22). The van der Waals surface area contributed by atoms with Gasteiger partial charge in [-0.3, -0.25) is 4.79 Å². The topological polar surface area (TPSA) is 80.3 Å². The Morgan fingerprint density at radius 2 is 2.28 bits per heavy atom. The lowest BCUT2D eigenvalue weighted by Gasteiger charge is -2.16. The van der Waals surface area contributed by atoms with Gasteiger partial charge in [0.15, 0.2) is 0 Å². The lowest BCUT2D eigenvalue weighted by molar-refractivity contribution is -0.143. The Labute approximate surface area is 156 Å². The van der Waals surface area contributed by atoms with Crippen molar-refractivity contribution in [3.05, 3.63) is 24.4 Å². The summed E-state index contributed by atoms with van der Waals surface area (Å²) in [7, 11) is 0. The van der Waals surface area contributed by atoms with E-state index in [0.717, 1.165) is 35.8 Å². The Morgan fingerprint density at radius 3 is 3.12 bits per heavy atom. The number of nitrogens with one attached hydrogen (secondary N) is 2. The maximum absolute atomic E-state index is 11.8. The third-order valence-electron chi connectivity index (χ3n) is 4.29. The van der Waals surface area contributed by atoms with Crippen molar-refractivity contribution in [2.24, 2.45) is 0 Å². The van der Waals surface area contributed by atoms with Crippen LogP contribution in [0.25, 0.3) is 0 Å². The molecular formula is C17H23N3O3S2. The first-order chi connectivity index (χ1) is 12.2. The molecule has 136 valence electrons. The van der Waals surface area contributed by atoms with Crippen molar-refractivity contribution in [2.45, 2.75) is 48.0 Å². The van der Waals surface area contributed by atoms with Crippen LogP contribution in [-0.4, -0.2) is 52.4 Å². The van der Waals surface area contributed by atoms with Gasteiger partial charge in [0.1, 0.15) is 6.61 Å². The van der Waals surface area contributed by atoms with Gasteiger partial charge < -0.3 is 15.4 Å². The van der Waals surface area contributed by atoms with E-state index in [1.807, 2.05) is 30.0 Å². The molecule has 25 heavy (non-hydrogen) atoms. The monoisotopic (exact) mass is 381 g/mol. The number of carbonyl (C=O) groups excluding carboxylic acids is 2. The van der Waals surface area contributed by atoms with Gasteiger partial charge in [-0.05, 0) is 25.0 Å². The van der Waals surface area contributed by atoms with Crippen molar-refractivity contribution in [2.75, 3.05) is 18.1 Å². The van der Waals surface area contributed by atoms with E-state index < -0.39 is 0 Å². The smallest absolute Gasteiger partial charge is 0.315 e. The quantitative estimate of drug-likeness (QED) is 0.296. The number of thioether (sulfide) groups is 2. The molecular weight excluding hydrogens is 358 g/mol. The molecule has 3 heterocycles. The zero-order chi connectivity index (χ0) is 17.5. The van der Waals surface area contributed by atoms with E-state index in [9.17, 15) is 9.59 Å². The number of amides is 2. The van der Waals surface area contributed by atoms with Gasteiger partial charge in [-0.2, -0.15) is 11.8 Å². The minimum Gasteiger partial charge on any atom is -0.465 e. The van der Waals surface area contributed by atoms with Crippen LogP contribution in [0.4, 0.5) is 4.79 Å². The van der Waals surface area contributed by atoms with Crippen molar-refractivity contribution in [3.8, 4) is 0 Å². The first-order valence-electron chi connectivity index (χ1n) is 8.60. The molecule has 1 aromatic rings. The maximum atomic E-state index is 11.8. The molecule has 8 heteroatoms. The normalized spacial score (nSPS) is 24.5. The molecule has 0 aromatic carbocycles. The van der Waals surface area contributed by atoms with Gasteiger partial charge in [0.2, 0.25) is 0 Å². The number of hydrogen-bond donors (Lipinski definition) is 2. The summed E-state index contributed by atoms with van der Waals surface area (Å²) in [6, 6.07) is 6.23. The summed E-state index contributed by atoms with van der Waals surface area (Å²) < 4.78 is 5.26. The summed E-state index contributed by atoms with van der Waals surface area (Å²) in [5.74, 6) is 1.57. The van der Waals surface area contributed by atoms with Crippen LogP contribution < -0.4 is 10.6 Å². The molecule has 2 amide bonds. The lowest BCUT2D eigenvalue weighted by atomic mass is 10.0. The number of esters is 1. The van der Waals surface area contributed by atoms with Crippen molar-refractivity contribution >= 4 is 35.5 Å². The highest BCUT2D eigenvalue weighted by molar-refractivity contribution is 8.00. The van der Waals surface area contributed by atoms with Gasteiger partial charge in [0.05, 0.1) is 17.1 Å². The van der Waals surface area contributed by atoms with E-state index in [2.05, 4.69) is 15.6 Å². The van der Waals surface area contributed by atoms with Crippen LogP contribution in [0.3, 0.4) is 0 Å². The van der Waals surface area contributed by atoms with E-state index in [0.29, 0.717) is 18.3 Å². The third-order valence-corrected chi connectivity index (χ3v) is 6.71. The van der Waals surface area contributed by atoms with Crippen LogP contribution in [0.1, 0.15) is 25.7 Å². The first-order valence-corrected chi connectivity index (χ1v) is 10.6. The number of ether oxygens (including phenoxy) is 1. The summed E-state index contributed by atoms with van der Waals surface area (Å²) >= 11 is 3.49. The van der Waals surface area contributed by atoms with Crippen LogP contribution in [0.15, 0.2) is 29.4 Å². The van der Waals surface area contributed by atoms with Crippen LogP contribution in [0, 0.1) is 0 Å². The molecule has 0 spiro atoms. The molecule has 2 saturated heterocycles. The van der Waals surface area contributed by atoms with Crippen molar-refractivity contribution < 1.29 is 14.3 Å². The molecule has 3 unspecified atom stereocenters. The molecule has 1 aromatic heterocycles. The van der Waals surface area contributed by atoms with Crippen molar-refractivity contribution in [3.63, 3.8) is 0 Å². The van der Waals surface area contributed by atoms with Gasteiger partial charge >= 0.3 is 12.0 Å². The Kier molecular flexibility index (Phi) is 6.86. The third kappa shape index (κ3) is 5.54. The number of pyridine rings is 1. The molecule has 0 radical (unpaired) electrons. The number of urea groups is 1. The molecule has 0 aliphatic carbocycles. The number of unbranched alkanes of at least 4 members (excludes halogenated alkanes) is 1. The zero-order valence-electron chi connectivity index (χ0n) is 14.0.